The highest BCUT2D eigenvalue weighted by Gasteiger charge is 2.02. The summed E-state index contributed by atoms with van der Waals surface area (Å²) >= 11 is 0. The Morgan fingerprint density at radius 1 is 0.867 bits per heavy atom. The molecule has 0 aromatic carbocycles. The standard InChI is InChI=1S/C12H18O3/c13-11-7-5-3-1-2-4-6-10-15-12(14)9-8-11/h8-9H,1-7,10H2/b9-8+. The average molecular weight is 210 g/mol. The number of carbonyl (C=O) groups excluding carboxylic acids is 2. The van der Waals surface area contributed by atoms with E-state index in [1.807, 2.05) is 0 Å². The average Bonchev–Trinajstić information content (AvgIpc) is 2.24. The normalized spacial score (nSPS) is 23.2. The summed E-state index contributed by atoms with van der Waals surface area (Å²) in [5.41, 5.74) is 0. The molecule has 0 saturated carbocycles. The zero-order valence-electron chi connectivity index (χ0n) is 9.04. The molecule has 15 heavy (non-hydrogen) atoms. The number of carbonyl (C=O) groups is 2. The van der Waals surface area contributed by atoms with Gasteiger partial charge < -0.3 is 4.74 Å². The Kier molecular flexibility index (Phi) is 5.74. The summed E-state index contributed by atoms with van der Waals surface area (Å²) in [6, 6.07) is 0. The summed E-state index contributed by atoms with van der Waals surface area (Å²) < 4.78 is 4.93. The molecule has 0 bridgehead atoms. The molecule has 1 aliphatic rings. The van der Waals surface area contributed by atoms with Crippen LogP contribution in [-0.2, 0) is 14.3 Å². The number of ether oxygens (including phenoxy) is 1. The van der Waals surface area contributed by atoms with Crippen LogP contribution in [0.25, 0.3) is 0 Å². The van der Waals surface area contributed by atoms with Crippen molar-refractivity contribution in [1.29, 1.82) is 0 Å². The van der Waals surface area contributed by atoms with E-state index in [2.05, 4.69) is 0 Å². The molecule has 3 heteroatoms. The highest BCUT2D eigenvalue weighted by molar-refractivity contribution is 5.95. The van der Waals surface area contributed by atoms with E-state index in [1.165, 1.54) is 25.0 Å². The van der Waals surface area contributed by atoms with Crippen molar-refractivity contribution in [3.8, 4) is 0 Å². The second kappa shape index (κ2) is 7.21. The van der Waals surface area contributed by atoms with Crippen molar-refractivity contribution in [3.05, 3.63) is 12.2 Å². The smallest absolute Gasteiger partial charge is 0.330 e. The van der Waals surface area contributed by atoms with Crippen molar-refractivity contribution >= 4 is 11.8 Å². The van der Waals surface area contributed by atoms with Gasteiger partial charge in [0.05, 0.1) is 6.61 Å². The van der Waals surface area contributed by atoms with Crippen molar-refractivity contribution in [2.45, 2.75) is 44.9 Å². The minimum absolute atomic E-state index is 0.0196. The maximum absolute atomic E-state index is 11.2. The molecule has 1 rings (SSSR count). The summed E-state index contributed by atoms with van der Waals surface area (Å²) in [4.78, 5) is 22.3. The first-order chi connectivity index (χ1) is 7.29. The number of esters is 1. The van der Waals surface area contributed by atoms with E-state index in [9.17, 15) is 9.59 Å². The number of rotatable bonds is 0. The Labute approximate surface area is 90.5 Å². The third-order valence-electron chi connectivity index (χ3n) is 2.47. The van der Waals surface area contributed by atoms with Gasteiger partial charge in [0, 0.05) is 12.5 Å². The fourth-order valence-electron chi connectivity index (χ4n) is 1.57. The van der Waals surface area contributed by atoms with Gasteiger partial charge in [0.1, 0.15) is 0 Å². The van der Waals surface area contributed by atoms with Crippen molar-refractivity contribution in [3.63, 3.8) is 0 Å². The molecule has 0 spiro atoms. The van der Waals surface area contributed by atoms with Crippen LogP contribution in [0.5, 0.6) is 0 Å². The minimum Gasteiger partial charge on any atom is -0.463 e. The molecule has 0 aromatic rings. The summed E-state index contributed by atoms with van der Waals surface area (Å²) in [6.07, 6.45) is 9.51. The summed E-state index contributed by atoms with van der Waals surface area (Å²) in [5.74, 6) is -0.381. The van der Waals surface area contributed by atoms with Gasteiger partial charge in [0.25, 0.3) is 0 Å². The van der Waals surface area contributed by atoms with E-state index in [0.29, 0.717) is 13.0 Å². The number of cyclic esters (lactones) is 1. The molecule has 84 valence electrons. The van der Waals surface area contributed by atoms with Crippen LogP contribution >= 0.6 is 0 Å². The lowest BCUT2D eigenvalue weighted by Gasteiger charge is -2.01. The lowest BCUT2D eigenvalue weighted by atomic mass is 10.1. The number of hydrogen-bond acceptors (Lipinski definition) is 3. The summed E-state index contributed by atoms with van der Waals surface area (Å²) in [7, 11) is 0. The van der Waals surface area contributed by atoms with Crippen LogP contribution in [0.2, 0.25) is 0 Å². The highest BCUT2D eigenvalue weighted by Crippen LogP contribution is 2.08. The van der Waals surface area contributed by atoms with Gasteiger partial charge in [0.15, 0.2) is 5.78 Å². The first-order valence-electron chi connectivity index (χ1n) is 5.67. The SMILES string of the molecule is O=C1/C=C/C(=O)OCCCCCCCC1. The van der Waals surface area contributed by atoms with Crippen LogP contribution in [0.1, 0.15) is 44.9 Å². The number of hydrogen-bond donors (Lipinski definition) is 0. The summed E-state index contributed by atoms with van der Waals surface area (Å²) in [6.45, 7) is 0.470. The van der Waals surface area contributed by atoms with Gasteiger partial charge in [-0.1, -0.05) is 25.7 Å². The van der Waals surface area contributed by atoms with Crippen LogP contribution in [0, 0.1) is 0 Å². The van der Waals surface area contributed by atoms with Crippen LogP contribution < -0.4 is 0 Å². The first kappa shape index (κ1) is 12.0. The highest BCUT2D eigenvalue weighted by atomic mass is 16.5. The van der Waals surface area contributed by atoms with Crippen molar-refractivity contribution in [2.75, 3.05) is 6.61 Å². The van der Waals surface area contributed by atoms with E-state index in [-0.39, 0.29) is 5.78 Å². The molecular formula is C12H18O3. The molecular weight excluding hydrogens is 192 g/mol. The predicted octanol–water partition coefficient (Wildman–Crippen LogP) is 2.40. The molecule has 0 unspecified atom stereocenters. The van der Waals surface area contributed by atoms with Gasteiger partial charge in [-0.3, -0.25) is 4.79 Å². The largest absolute Gasteiger partial charge is 0.463 e. The lowest BCUT2D eigenvalue weighted by Crippen LogP contribution is -2.03. The van der Waals surface area contributed by atoms with Crippen LogP contribution in [0.4, 0.5) is 0 Å². The van der Waals surface area contributed by atoms with Gasteiger partial charge in [0.2, 0.25) is 0 Å². The van der Waals surface area contributed by atoms with Crippen LogP contribution in [0.3, 0.4) is 0 Å². The number of ketones is 1. The fourth-order valence-corrected chi connectivity index (χ4v) is 1.57. The van der Waals surface area contributed by atoms with Gasteiger partial charge in [-0.25, -0.2) is 4.79 Å². The zero-order valence-corrected chi connectivity index (χ0v) is 9.04. The molecule has 0 saturated heterocycles. The molecule has 0 N–H and O–H groups in total. The second-order valence-corrected chi connectivity index (χ2v) is 3.84. The monoisotopic (exact) mass is 210 g/mol. The zero-order chi connectivity index (χ0) is 10.9. The third-order valence-corrected chi connectivity index (χ3v) is 2.47. The first-order valence-corrected chi connectivity index (χ1v) is 5.67. The maximum Gasteiger partial charge on any atom is 0.330 e. The molecule has 0 atom stereocenters. The van der Waals surface area contributed by atoms with E-state index >= 15 is 0 Å². The Hall–Kier alpha value is -1.12. The van der Waals surface area contributed by atoms with Crippen molar-refractivity contribution < 1.29 is 14.3 Å². The van der Waals surface area contributed by atoms with Crippen molar-refractivity contribution in [2.24, 2.45) is 0 Å². The molecule has 1 heterocycles. The van der Waals surface area contributed by atoms with Crippen molar-refractivity contribution in [1.82, 2.24) is 0 Å². The molecule has 0 radical (unpaired) electrons. The minimum atomic E-state index is -0.400. The Bertz CT molecular complexity index is 219. The number of allylic oxidation sites excluding steroid dienone is 1. The van der Waals surface area contributed by atoms with Gasteiger partial charge in [-0.2, -0.15) is 0 Å². The van der Waals surface area contributed by atoms with Gasteiger partial charge >= 0.3 is 5.97 Å². The molecule has 0 aliphatic carbocycles. The second-order valence-electron chi connectivity index (χ2n) is 3.84. The quantitative estimate of drug-likeness (QED) is 0.577. The predicted molar refractivity (Wildman–Crippen MR) is 57.4 cm³/mol. The van der Waals surface area contributed by atoms with Gasteiger partial charge in [-0.15, -0.1) is 0 Å². The fraction of sp³-hybridized carbons (Fsp3) is 0.667. The Morgan fingerprint density at radius 3 is 2.33 bits per heavy atom. The van der Waals surface area contributed by atoms with Crippen LogP contribution in [0.15, 0.2) is 12.2 Å². The topological polar surface area (TPSA) is 43.4 Å². The summed E-state index contributed by atoms with van der Waals surface area (Å²) in [5, 5.41) is 0. The molecule has 0 amide bonds. The lowest BCUT2D eigenvalue weighted by molar-refractivity contribution is -0.138. The molecule has 0 fully saturated rings. The molecule has 3 nitrogen and oxygen atoms in total. The van der Waals surface area contributed by atoms with E-state index in [4.69, 9.17) is 4.74 Å². The Morgan fingerprint density at radius 2 is 1.53 bits per heavy atom. The maximum atomic E-state index is 11.2. The van der Waals surface area contributed by atoms with E-state index < -0.39 is 5.97 Å². The molecule has 0 aromatic heterocycles. The third kappa shape index (κ3) is 6.05. The van der Waals surface area contributed by atoms with Gasteiger partial charge in [-0.05, 0) is 18.9 Å². The molecule has 1 aliphatic heterocycles. The van der Waals surface area contributed by atoms with E-state index in [0.717, 1.165) is 25.7 Å². The van der Waals surface area contributed by atoms with E-state index in [1.54, 1.807) is 0 Å². The Balaban J connectivity index is 2.39. The van der Waals surface area contributed by atoms with Crippen LogP contribution in [-0.4, -0.2) is 18.4 Å².